The van der Waals surface area contributed by atoms with E-state index in [9.17, 15) is 5.11 Å². The molecule has 0 heterocycles. The zero-order valence-electron chi connectivity index (χ0n) is 14.5. The average Bonchev–Trinajstić information content (AvgIpc) is 2.63. The summed E-state index contributed by atoms with van der Waals surface area (Å²) in [4.78, 5) is 2.26. The van der Waals surface area contributed by atoms with E-state index >= 15 is 0 Å². The number of aliphatic hydroxyl groups is 1. The molecule has 1 unspecified atom stereocenters. The maximum atomic E-state index is 10.5. The van der Waals surface area contributed by atoms with Gasteiger partial charge in [-0.3, -0.25) is 4.90 Å². The monoisotopic (exact) mass is 329 g/mol. The summed E-state index contributed by atoms with van der Waals surface area (Å²) in [6.45, 7) is 2.99. The third kappa shape index (κ3) is 5.96. The Balaban J connectivity index is 2.00. The third-order valence-corrected chi connectivity index (χ3v) is 4.00. The molecule has 1 atom stereocenters. The van der Waals surface area contributed by atoms with Gasteiger partial charge in [0.1, 0.15) is 5.75 Å². The maximum Gasteiger partial charge on any atom is 0.118 e. The first-order valence-electron chi connectivity index (χ1n) is 8.30. The summed E-state index contributed by atoms with van der Waals surface area (Å²) < 4.78 is 10.4. The first-order chi connectivity index (χ1) is 11.7. The number of benzene rings is 2. The Kier molecular flexibility index (Phi) is 7.75. The molecule has 0 aliphatic carbocycles. The van der Waals surface area contributed by atoms with Gasteiger partial charge in [0, 0.05) is 33.4 Å². The molecule has 4 nitrogen and oxygen atoms in total. The lowest BCUT2D eigenvalue weighted by molar-refractivity contribution is 0.0995. The summed E-state index contributed by atoms with van der Waals surface area (Å²) in [5.41, 5.74) is 2.15. The zero-order chi connectivity index (χ0) is 17.2. The fourth-order valence-electron chi connectivity index (χ4n) is 2.68. The highest BCUT2D eigenvalue weighted by molar-refractivity contribution is 5.27. The van der Waals surface area contributed by atoms with E-state index in [1.807, 2.05) is 42.5 Å². The molecule has 0 saturated carbocycles. The summed E-state index contributed by atoms with van der Waals surface area (Å²) in [5.74, 6) is 0.856. The first kappa shape index (κ1) is 18.5. The molecule has 0 amide bonds. The Hall–Kier alpha value is -1.88. The van der Waals surface area contributed by atoms with Gasteiger partial charge in [-0.15, -0.1) is 0 Å². The number of aliphatic hydroxyl groups excluding tert-OH is 1. The van der Waals surface area contributed by atoms with Gasteiger partial charge < -0.3 is 14.6 Å². The molecule has 24 heavy (non-hydrogen) atoms. The number of hydrogen-bond donors (Lipinski definition) is 1. The molecule has 0 bridgehead atoms. The molecular weight excluding hydrogens is 302 g/mol. The Morgan fingerprint density at radius 2 is 1.71 bits per heavy atom. The van der Waals surface area contributed by atoms with Crippen LogP contribution >= 0.6 is 0 Å². The van der Waals surface area contributed by atoms with Crippen molar-refractivity contribution in [3.05, 3.63) is 65.7 Å². The van der Waals surface area contributed by atoms with Gasteiger partial charge in [0.25, 0.3) is 0 Å². The maximum absolute atomic E-state index is 10.5. The highest BCUT2D eigenvalue weighted by Crippen LogP contribution is 2.17. The molecule has 4 heteroatoms. The van der Waals surface area contributed by atoms with Crippen LogP contribution in [0.15, 0.2) is 54.6 Å². The molecule has 0 spiro atoms. The van der Waals surface area contributed by atoms with Gasteiger partial charge in [-0.1, -0.05) is 42.5 Å². The number of rotatable bonds is 10. The minimum atomic E-state index is -0.494. The van der Waals surface area contributed by atoms with Crippen molar-refractivity contribution in [3.63, 3.8) is 0 Å². The second-order valence-electron chi connectivity index (χ2n) is 5.86. The van der Waals surface area contributed by atoms with Crippen molar-refractivity contribution in [1.29, 1.82) is 0 Å². The lowest BCUT2D eigenvalue weighted by atomic mass is 10.1. The summed E-state index contributed by atoms with van der Waals surface area (Å²) in [6.07, 6.45) is 0.445. The van der Waals surface area contributed by atoms with E-state index in [1.54, 1.807) is 14.2 Å². The lowest BCUT2D eigenvalue weighted by Gasteiger charge is -2.25. The van der Waals surface area contributed by atoms with Crippen LogP contribution in [0.25, 0.3) is 0 Å². The second kappa shape index (κ2) is 10.1. The van der Waals surface area contributed by atoms with Crippen molar-refractivity contribution in [3.8, 4) is 5.75 Å². The van der Waals surface area contributed by atoms with Crippen molar-refractivity contribution < 1.29 is 14.6 Å². The number of ether oxygens (including phenoxy) is 2. The molecule has 0 fully saturated rings. The van der Waals surface area contributed by atoms with Crippen LogP contribution in [0.4, 0.5) is 0 Å². The van der Waals surface area contributed by atoms with Gasteiger partial charge in [0.05, 0.1) is 13.2 Å². The van der Waals surface area contributed by atoms with Crippen LogP contribution < -0.4 is 4.74 Å². The smallest absolute Gasteiger partial charge is 0.118 e. The van der Waals surface area contributed by atoms with Gasteiger partial charge in [-0.2, -0.15) is 0 Å². The average molecular weight is 329 g/mol. The van der Waals surface area contributed by atoms with Crippen molar-refractivity contribution in [2.24, 2.45) is 0 Å². The van der Waals surface area contributed by atoms with Gasteiger partial charge in [-0.05, 0) is 29.7 Å². The van der Waals surface area contributed by atoms with E-state index in [1.165, 1.54) is 5.56 Å². The van der Waals surface area contributed by atoms with Crippen LogP contribution in [-0.2, 0) is 11.3 Å². The fourth-order valence-corrected chi connectivity index (χ4v) is 2.68. The molecule has 0 aromatic heterocycles. The van der Waals surface area contributed by atoms with Crippen molar-refractivity contribution in [2.75, 3.05) is 33.9 Å². The molecule has 0 radical (unpaired) electrons. The second-order valence-corrected chi connectivity index (χ2v) is 5.86. The molecule has 0 aliphatic rings. The van der Waals surface area contributed by atoms with Gasteiger partial charge >= 0.3 is 0 Å². The Bertz CT molecular complexity index is 571. The highest BCUT2D eigenvalue weighted by atomic mass is 16.5. The van der Waals surface area contributed by atoms with Gasteiger partial charge in [-0.25, -0.2) is 0 Å². The third-order valence-electron chi connectivity index (χ3n) is 4.00. The van der Waals surface area contributed by atoms with Crippen LogP contribution in [-0.4, -0.2) is 43.9 Å². The van der Waals surface area contributed by atoms with Crippen LogP contribution in [0.5, 0.6) is 5.75 Å². The number of methoxy groups -OCH3 is 2. The largest absolute Gasteiger partial charge is 0.497 e. The molecule has 2 aromatic carbocycles. The normalized spacial score (nSPS) is 12.3. The van der Waals surface area contributed by atoms with E-state index in [-0.39, 0.29) is 0 Å². The minimum absolute atomic E-state index is 0.494. The van der Waals surface area contributed by atoms with E-state index in [0.717, 1.165) is 37.4 Å². The molecular formula is C20H27NO3. The highest BCUT2D eigenvalue weighted by Gasteiger charge is 2.14. The topological polar surface area (TPSA) is 41.9 Å². The zero-order valence-corrected chi connectivity index (χ0v) is 14.5. The van der Waals surface area contributed by atoms with E-state index in [2.05, 4.69) is 17.0 Å². The SMILES string of the molecule is COCCCN(Cc1ccc(OC)cc1)CC(O)c1ccccc1. The van der Waals surface area contributed by atoms with E-state index in [4.69, 9.17) is 9.47 Å². The summed E-state index contributed by atoms with van der Waals surface area (Å²) in [6, 6.07) is 17.9. The standard InChI is InChI=1S/C20H27NO3/c1-23-14-6-13-21(15-17-9-11-19(24-2)12-10-17)16-20(22)18-7-4-3-5-8-18/h3-5,7-12,20,22H,6,13-16H2,1-2H3. The van der Waals surface area contributed by atoms with Gasteiger partial charge in [0.15, 0.2) is 0 Å². The quantitative estimate of drug-likeness (QED) is 0.679. The van der Waals surface area contributed by atoms with Crippen molar-refractivity contribution in [2.45, 2.75) is 19.1 Å². The van der Waals surface area contributed by atoms with E-state index in [0.29, 0.717) is 6.54 Å². The molecule has 0 aliphatic heterocycles. The molecule has 0 saturated heterocycles. The summed E-state index contributed by atoms with van der Waals surface area (Å²) >= 11 is 0. The van der Waals surface area contributed by atoms with Crippen molar-refractivity contribution in [1.82, 2.24) is 4.90 Å². The van der Waals surface area contributed by atoms with Crippen LogP contribution in [0, 0.1) is 0 Å². The summed E-state index contributed by atoms with van der Waals surface area (Å²) in [5, 5.41) is 10.5. The first-order valence-corrected chi connectivity index (χ1v) is 8.30. The van der Waals surface area contributed by atoms with Gasteiger partial charge in [0.2, 0.25) is 0 Å². The lowest BCUT2D eigenvalue weighted by Crippen LogP contribution is -2.30. The van der Waals surface area contributed by atoms with Crippen LogP contribution in [0.2, 0.25) is 0 Å². The molecule has 130 valence electrons. The predicted octanol–water partition coefficient (Wildman–Crippen LogP) is 3.27. The predicted molar refractivity (Wildman–Crippen MR) is 96.2 cm³/mol. The number of hydrogen-bond acceptors (Lipinski definition) is 4. The fraction of sp³-hybridized carbons (Fsp3) is 0.400. The number of nitrogens with zero attached hydrogens (tertiary/aromatic N) is 1. The Labute approximate surface area is 144 Å². The summed E-state index contributed by atoms with van der Waals surface area (Å²) in [7, 11) is 3.38. The molecule has 1 N–H and O–H groups in total. The minimum Gasteiger partial charge on any atom is -0.497 e. The van der Waals surface area contributed by atoms with Crippen LogP contribution in [0.1, 0.15) is 23.7 Å². The Morgan fingerprint density at radius 1 is 1.00 bits per heavy atom. The molecule has 2 aromatic rings. The van der Waals surface area contributed by atoms with E-state index < -0.39 is 6.10 Å². The van der Waals surface area contributed by atoms with Crippen LogP contribution in [0.3, 0.4) is 0 Å². The Morgan fingerprint density at radius 3 is 2.33 bits per heavy atom. The molecule has 2 rings (SSSR count). The van der Waals surface area contributed by atoms with Crippen molar-refractivity contribution >= 4 is 0 Å².